The van der Waals surface area contributed by atoms with Gasteiger partial charge in [-0.25, -0.2) is 0 Å². The van der Waals surface area contributed by atoms with Crippen molar-refractivity contribution in [3.05, 3.63) is 37.0 Å². The Kier molecular flexibility index (Phi) is 8.04. The Morgan fingerprint density at radius 3 is 2.50 bits per heavy atom. The minimum atomic E-state index is -0.689. The van der Waals surface area contributed by atoms with Crippen molar-refractivity contribution < 1.29 is 13.5 Å². The van der Waals surface area contributed by atoms with Crippen LogP contribution in [0.2, 0.25) is 0 Å². The fourth-order valence-electron chi connectivity index (χ4n) is 0.739. The molecule has 0 rings (SSSR count). The third-order valence-corrected chi connectivity index (χ3v) is 1.55. The Morgan fingerprint density at radius 2 is 2.00 bits per heavy atom. The second-order valence-corrected chi connectivity index (χ2v) is 2.94. The zero-order valence-corrected chi connectivity index (χ0v) is 8.22. The largest absolute Gasteiger partial charge is 0.376 e. The van der Waals surface area contributed by atoms with E-state index in [2.05, 4.69) is 13.2 Å². The molecule has 0 aromatic heterocycles. The molecule has 0 amide bonds. The lowest BCUT2D eigenvalue weighted by atomic mass is 10.2. The number of ether oxygens (including phenoxy) is 1. The van der Waals surface area contributed by atoms with Crippen molar-refractivity contribution in [3.63, 3.8) is 0 Å². The molecular formula is C11H16F2O. The molecule has 0 spiro atoms. The molecule has 0 aliphatic heterocycles. The highest BCUT2D eigenvalue weighted by atomic mass is 19.1. The van der Waals surface area contributed by atoms with Crippen LogP contribution in [0.1, 0.15) is 0 Å². The summed E-state index contributed by atoms with van der Waals surface area (Å²) >= 11 is 0. The van der Waals surface area contributed by atoms with Crippen LogP contribution in [0.4, 0.5) is 8.78 Å². The Balaban J connectivity index is 3.57. The quantitative estimate of drug-likeness (QED) is 0.550. The lowest BCUT2D eigenvalue weighted by Crippen LogP contribution is -2.14. The average molecular weight is 202 g/mol. The van der Waals surface area contributed by atoms with E-state index in [0.717, 1.165) is 5.57 Å². The van der Waals surface area contributed by atoms with Gasteiger partial charge in [-0.05, 0) is 5.57 Å². The number of halogens is 2. The molecule has 1 nitrogen and oxygen atoms in total. The van der Waals surface area contributed by atoms with Gasteiger partial charge in [0, 0.05) is 5.92 Å². The Hall–Kier alpha value is -0.960. The molecular weight excluding hydrogens is 186 g/mol. The SMILES string of the molecule is C=C/C=C\C(=C)COCC(CF)CF. The normalized spacial score (nSPS) is 11.1. The number of hydrogen-bond donors (Lipinski definition) is 0. The highest BCUT2D eigenvalue weighted by Crippen LogP contribution is 2.02. The van der Waals surface area contributed by atoms with Crippen molar-refractivity contribution in [2.45, 2.75) is 0 Å². The van der Waals surface area contributed by atoms with E-state index in [9.17, 15) is 8.78 Å². The van der Waals surface area contributed by atoms with Crippen LogP contribution in [0.3, 0.4) is 0 Å². The van der Waals surface area contributed by atoms with Crippen LogP contribution in [0.25, 0.3) is 0 Å². The second-order valence-electron chi connectivity index (χ2n) is 2.94. The topological polar surface area (TPSA) is 9.23 Å². The molecule has 3 heteroatoms. The molecule has 0 atom stereocenters. The molecule has 0 fully saturated rings. The maximum absolute atomic E-state index is 12.0. The highest BCUT2D eigenvalue weighted by molar-refractivity contribution is 5.18. The maximum atomic E-state index is 12.0. The van der Waals surface area contributed by atoms with Crippen molar-refractivity contribution in [2.75, 3.05) is 26.6 Å². The maximum Gasteiger partial charge on any atom is 0.0969 e. The smallest absolute Gasteiger partial charge is 0.0969 e. The van der Waals surface area contributed by atoms with Crippen LogP contribution >= 0.6 is 0 Å². The van der Waals surface area contributed by atoms with Gasteiger partial charge in [0.25, 0.3) is 0 Å². The first kappa shape index (κ1) is 13.0. The van der Waals surface area contributed by atoms with Crippen molar-refractivity contribution in [1.82, 2.24) is 0 Å². The van der Waals surface area contributed by atoms with E-state index >= 15 is 0 Å². The molecule has 0 N–H and O–H groups in total. The monoisotopic (exact) mass is 202 g/mol. The molecule has 0 aliphatic carbocycles. The zero-order chi connectivity index (χ0) is 10.8. The summed E-state index contributed by atoms with van der Waals surface area (Å²) in [7, 11) is 0. The van der Waals surface area contributed by atoms with Gasteiger partial charge >= 0.3 is 0 Å². The summed E-state index contributed by atoms with van der Waals surface area (Å²) in [4.78, 5) is 0. The summed E-state index contributed by atoms with van der Waals surface area (Å²) in [6.45, 7) is 6.20. The fourth-order valence-corrected chi connectivity index (χ4v) is 0.739. The van der Waals surface area contributed by atoms with Gasteiger partial charge in [-0.1, -0.05) is 31.4 Å². The van der Waals surface area contributed by atoms with E-state index in [1.165, 1.54) is 0 Å². The molecule has 0 saturated heterocycles. The van der Waals surface area contributed by atoms with Gasteiger partial charge in [-0.2, -0.15) is 0 Å². The summed E-state index contributed by atoms with van der Waals surface area (Å²) < 4.78 is 29.1. The molecule has 0 radical (unpaired) electrons. The fraction of sp³-hybridized carbons (Fsp3) is 0.455. The minimum Gasteiger partial charge on any atom is -0.376 e. The number of rotatable bonds is 8. The number of hydrogen-bond acceptors (Lipinski definition) is 1. The molecule has 0 bridgehead atoms. The van der Waals surface area contributed by atoms with Crippen molar-refractivity contribution >= 4 is 0 Å². The Bertz CT molecular complexity index is 195. The third-order valence-electron chi connectivity index (χ3n) is 1.55. The van der Waals surface area contributed by atoms with Crippen LogP contribution in [0.5, 0.6) is 0 Å². The molecule has 80 valence electrons. The van der Waals surface area contributed by atoms with Crippen LogP contribution in [0.15, 0.2) is 37.0 Å². The van der Waals surface area contributed by atoms with Gasteiger partial charge in [0.2, 0.25) is 0 Å². The van der Waals surface area contributed by atoms with Crippen LogP contribution < -0.4 is 0 Å². The van der Waals surface area contributed by atoms with Gasteiger partial charge in [0.05, 0.1) is 26.6 Å². The Labute approximate surface area is 83.8 Å². The lowest BCUT2D eigenvalue weighted by molar-refractivity contribution is 0.0948. The predicted octanol–water partition coefficient (Wildman–Crippen LogP) is 2.86. The Morgan fingerprint density at radius 1 is 1.36 bits per heavy atom. The van der Waals surface area contributed by atoms with E-state index in [1.54, 1.807) is 18.2 Å². The van der Waals surface area contributed by atoms with Gasteiger partial charge in [-0.15, -0.1) is 0 Å². The zero-order valence-electron chi connectivity index (χ0n) is 8.22. The molecule has 0 unspecified atom stereocenters. The predicted molar refractivity (Wildman–Crippen MR) is 54.7 cm³/mol. The summed E-state index contributed by atoms with van der Waals surface area (Å²) in [5.41, 5.74) is 0.751. The summed E-state index contributed by atoms with van der Waals surface area (Å²) in [6.07, 6.45) is 5.09. The molecule has 0 heterocycles. The molecule has 0 aliphatic rings. The summed E-state index contributed by atoms with van der Waals surface area (Å²) in [5, 5.41) is 0. The third kappa shape index (κ3) is 6.54. The molecule has 0 saturated carbocycles. The molecule has 0 aromatic rings. The number of alkyl halides is 2. The molecule has 0 aromatic carbocycles. The van der Waals surface area contributed by atoms with E-state index in [4.69, 9.17) is 4.74 Å². The second kappa shape index (κ2) is 8.63. The van der Waals surface area contributed by atoms with Crippen LogP contribution in [-0.4, -0.2) is 26.6 Å². The van der Waals surface area contributed by atoms with Gasteiger partial charge in [-0.3, -0.25) is 8.78 Å². The first-order valence-corrected chi connectivity index (χ1v) is 4.41. The van der Waals surface area contributed by atoms with Gasteiger partial charge in [0.1, 0.15) is 0 Å². The molecule has 14 heavy (non-hydrogen) atoms. The van der Waals surface area contributed by atoms with E-state index in [-0.39, 0.29) is 6.61 Å². The van der Waals surface area contributed by atoms with Crippen molar-refractivity contribution in [2.24, 2.45) is 5.92 Å². The highest BCUT2D eigenvalue weighted by Gasteiger charge is 2.07. The van der Waals surface area contributed by atoms with Crippen LogP contribution in [0, 0.1) is 5.92 Å². The van der Waals surface area contributed by atoms with E-state index < -0.39 is 19.3 Å². The van der Waals surface area contributed by atoms with Crippen molar-refractivity contribution in [3.8, 4) is 0 Å². The van der Waals surface area contributed by atoms with Gasteiger partial charge in [0.15, 0.2) is 0 Å². The lowest BCUT2D eigenvalue weighted by Gasteiger charge is -2.09. The van der Waals surface area contributed by atoms with Crippen molar-refractivity contribution in [1.29, 1.82) is 0 Å². The van der Waals surface area contributed by atoms with Crippen LogP contribution in [-0.2, 0) is 4.74 Å². The van der Waals surface area contributed by atoms with E-state index in [1.807, 2.05) is 0 Å². The average Bonchev–Trinajstić information content (AvgIpc) is 2.21. The summed E-state index contributed by atoms with van der Waals surface area (Å²) in [6, 6.07) is 0. The first-order chi connectivity index (χ1) is 6.74. The standard InChI is InChI=1S/C11H16F2O/c1-3-4-5-10(2)8-14-9-11(6-12)7-13/h3-5,11H,1-2,6-9H2/b5-4-. The first-order valence-electron chi connectivity index (χ1n) is 4.41. The van der Waals surface area contributed by atoms with E-state index in [0.29, 0.717) is 6.61 Å². The minimum absolute atomic E-state index is 0.0912. The number of allylic oxidation sites excluding steroid dienone is 2. The van der Waals surface area contributed by atoms with Gasteiger partial charge < -0.3 is 4.74 Å². The summed E-state index contributed by atoms with van der Waals surface area (Å²) in [5.74, 6) is -0.647.